The van der Waals surface area contributed by atoms with Gasteiger partial charge in [0.15, 0.2) is 5.78 Å². The zero-order chi connectivity index (χ0) is 13.0. The van der Waals surface area contributed by atoms with E-state index in [-0.39, 0.29) is 5.78 Å². The fraction of sp³-hybridized carbons (Fsp3) is 0.214. The summed E-state index contributed by atoms with van der Waals surface area (Å²) in [6, 6.07) is 7.22. The summed E-state index contributed by atoms with van der Waals surface area (Å²) in [7, 11) is 2.74. The molecule has 0 fully saturated rings. The molecule has 96 valence electrons. The summed E-state index contributed by atoms with van der Waals surface area (Å²) in [6.07, 6.45) is 1.92. The zero-order valence-electron chi connectivity index (χ0n) is 10.4. The van der Waals surface area contributed by atoms with Gasteiger partial charge >= 0.3 is 0 Å². The summed E-state index contributed by atoms with van der Waals surface area (Å²) < 4.78 is 10.2. The van der Waals surface area contributed by atoms with Gasteiger partial charge in [0, 0.05) is 11.3 Å². The fourth-order valence-electron chi connectivity index (χ4n) is 1.67. The lowest BCUT2D eigenvalue weighted by atomic mass is 10.1. The lowest BCUT2D eigenvalue weighted by Gasteiger charge is -2.09. The van der Waals surface area contributed by atoms with E-state index in [1.54, 1.807) is 38.5 Å². The highest BCUT2D eigenvalue weighted by molar-refractivity contribution is 8.22. The Bertz CT molecular complexity index is 488. The van der Waals surface area contributed by atoms with Crippen molar-refractivity contribution in [1.82, 2.24) is 0 Å². The first-order valence-corrected chi connectivity index (χ1v) is 7.26. The van der Waals surface area contributed by atoms with E-state index in [0.717, 1.165) is 17.1 Å². The largest absolute Gasteiger partial charge is 0.497 e. The number of carbonyl (C=O) groups is 1. The van der Waals surface area contributed by atoms with Crippen molar-refractivity contribution >= 4 is 16.7 Å². The van der Waals surface area contributed by atoms with Crippen molar-refractivity contribution in [1.29, 1.82) is 0 Å². The maximum atomic E-state index is 12.1. The standard InChI is InChI=1S/C14H16O3S/c1-16-12-5-3-11(4-6-12)14(15)10-18-8-7-13(9-18)17-2/h3-9,18H,10H2,1-2H3. The van der Waals surface area contributed by atoms with Crippen LogP contribution in [0.3, 0.4) is 0 Å². The highest BCUT2D eigenvalue weighted by atomic mass is 32.2. The molecule has 0 aromatic heterocycles. The van der Waals surface area contributed by atoms with E-state index in [2.05, 4.69) is 5.41 Å². The molecule has 0 saturated carbocycles. The van der Waals surface area contributed by atoms with Crippen LogP contribution < -0.4 is 4.74 Å². The molecule has 0 radical (unpaired) electrons. The quantitative estimate of drug-likeness (QED) is 0.656. The topological polar surface area (TPSA) is 35.5 Å². The number of thiol groups is 1. The molecule has 1 aliphatic heterocycles. The van der Waals surface area contributed by atoms with Crippen LogP contribution >= 0.6 is 10.9 Å². The molecule has 3 nitrogen and oxygen atoms in total. The van der Waals surface area contributed by atoms with Crippen LogP contribution in [0.5, 0.6) is 5.75 Å². The molecule has 0 N–H and O–H groups in total. The van der Waals surface area contributed by atoms with E-state index in [9.17, 15) is 4.79 Å². The predicted molar refractivity (Wildman–Crippen MR) is 75.4 cm³/mol. The van der Waals surface area contributed by atoms with Crippen LogP contribution in [0, 0.1) is 0 Å². The average Bonchev–Trinajstić information content (AvgIpc) is 2.86. The normalized spacial score (nSPS) is 19.4. The number of benzene rings is 1. The van der Waals surface area contributed by atoms with Crippen LogP contribution in [0.15, 0.2) is 46.9 Å². The molecule has 1 unspecified atom stereocenters. The second-order valence-electron chi connectivity index (χ2n) is 3.88. The number of hydrogen-bond donors (Lipinski definition) is 1. The Balaban J connectivity index is 2.00. The van der Waals surface area contributed by atoms with E-state index < -0.39 is 10.9 Å². The van der Waals surface area contributed by atoms with E-state index in [0.29, 0.717) is 5.75 Å². The molecule has 1 aliphatic rings. The van der Waals surface area contributed by atoms with E-state index in [4.69, 9.17) is 9.47 Å². The maximum absolute atomic E-state index is 12.1. The van der Waals surface area contributed by atoms with Gasteiger partial charge in [-0.3, -0.25) is 4.79 Å². The van der Waals surface area contributed by atoms with Gasteiger partial charge in [0.25, 0.3) is 0 Å². The summed E-state index contributed by atoms with van der Waals surface area (Å²) in [4.78, 5) is 12.1. The molecule has 4 heteroatoms. The number of ketones is 1. The number of methoxy groups -OCH3 is 2. The Labute approximate surface area is 109 Å². The third-order valence-corrected chi connectivity index (χ3v) is 4.47. The van der Waals surface area contributed by atoms with Gasteiger partial charge in [-0.1, -0.05) is 0 Å². The number of rotatable bonds is 5. The molecule has 1 aromatic carbocycles. The summed E-state index contributed by atoms with van der Waals surface area (Å²) >= 11 is 0. The molecule has 1 atom stereocenters. The van der Waals surface area contributed by atoms with Crippen molar-refractivity contribution in [3.05, 3.63) is 52.5 Å². The van der Waals surface area contributed by atoms with Gasteiger partial charge in [0.2, 0.25) is 0 Å². The van der Waals surface area contributed by atoms with Gasteiger partial charge in [0.1, 0.15) is 11.5 Å². The van der Waals surface area contributed by atoms with Gasteiger partial charge in [0.05, 0.1) is 14.2 Å². The van der Waals surface area contributed by atoms with Gasteiger partial charge in [-0.15, -0.1) is 0 Å². The van der Waals surface area contributed by atoms with Crippen LogP contribution in [-0.2, 0) is 4.74 Å². The minimum absolute atomic E-state index is 0.155. The second-order valence-corrected chi connectivity index (χ2v) is 5.78. The van der Waals surface area contributed by atoms with Crippen molar-refractivity contribution in [3.8, 4) is 5.75 Å². The SMILES string of the molecule is COC1=C[SH](CC(=O)c2ccc(OC)cc2)C=C1. The van der Waals surface area contributed by atoms with Crippen LogP contribution in [0.25, 0.3) is 0 Å². The number of ether oxygens (including phenoxy) is 2. The number of allylic oxidation sites excluding steroid dienone is 1. The smallest absolute Gasteiger partial charge is 0.171 e. The van der Waals surface area contributed by atoms with Gasteiger partial charge < -0.3 is 9.47 Å². The lowest BCUT2D eigenvalue weighted by Crippen LogP contribution is -2.03. The number of Topliss-reactive ketones (excluding diaryl/α,β-unsaturated/α-hetero) is 1. The molecule has 0 spiro atoms. The first-order valence-electron chi connectivity index (χ1n) is 5.60. The highest BCUT2D eigenvalue weighted by Crippen LogP contribution is 2.36. The van der Waals surface area contributed by atoms with Crippen molar-refractivity contribution < 1.29 is 14.3 Å². The first kappa shape index (κ1) is 12.8. The average molecular weight is 264 g/mol. The molecular weight excluding hydrogens is 248 g/mol. The Kier molecular flexibility index (Phi) is 4.10. The Morgan fingerprint density at radius 3 is 2.44 bits per heavy atom. The third-order valence-electron chi connectivity index (χ3n) is 2.70. The molecule has 1 aromatic rings. The maximum Gasteiger partial charge on any atom is 0.171 e. The summed E-state index contributed by atoms with van der Waals surface area (Å²) in [5.41, 5.74) is 0.728. The Morgan fingerprint density at radius 2 is 1.89 bits per heavy atom. The molecule has 0 amide bonds. The molecule has 18 heavy (non-hydrogen) atoms. The first-order chi connectivity index (χ1) is 8.72. The third kappa shape index (κ3) is 2.96. The van der Waals surface area contributed by atoms with Crippen molar-refractivity contribution in [3.63, 3.8) is 0 Å². The predicted octanol–water partition coefficient (Wildman–Crippen LogP) is 2.89. The molecular formula is C14H16O3S. The Hall–Kier alpha value is -1.68. The second kappa shape index (κ2) is 5.78. The molecule has 0 bridgehead atoms. The summed E-state index contributed by atoms with van der Waals surface area (Å²) in [6.45, 7) is 0. The lowest BCUT2D eigenvalue weighted by molar-refractivity contribution is 0.102. The van der Waals surface area contributed by atoms with Crippen molar-refractivity contribution in [2.45, 2.75) is 0 Å². The van der Waals surface area contributed by atoms with Gasteiger partial charge in [-0.25, -0.2) is 10.9 Å². The van der Waals surface area contributed by atoms with E-state index >= 15 is 0 Å². The van der Waals surface area contributed by atoms with Crippen molar-refractivity contribution in [2.75, 3.05) is 20.0 Å². The van der Waals surface area contributed by atoms with E-state index in [1.807, 2.05) is 11.5 Å². The van der Waals surface area contributed by atoms with Gasteiger partial charge in [-0.05, 0) is 41.2 Å². The highest BCUT2D eigenvalue weighted by Gasteiger charge is 2.12. The van der Waals surface area contributed by atoms with Gasteiger partial charge in [-0.2, -0.15) is 0 Å². The summed E-state index contributed by atoms with van der Waals surface area (Å²) in [5.74, 6) is 2.30. The molecule has 0 saturated heterocycles. The van der Waals surface area contributed by atoms with Crippen LogP contribution in [0.1, 0.15) is 10.4 Å². The van der Waals surface area contributed by atoms with Crippen molar-refractivity contribution in [2.24, 2.45) is 0 Å². The summed E-state index contributed by atoms with van der Waals surface area (Å²) in [5, 5.41) is 4.08. The molecule has 1 heterocycles. The molecule has 0 aliphatic carbocycles. The minimum atomic E-state index is -0.513. The monoisotopic (exact) mass is 264 g/mol. The number of carbonyl (C=O) groups excluding carboxylic acids is 1. The van der Waals surface area contributed by atoms with Crippen LogP contribution in [-0.4, -0.2) is 25.8 Å². The number of hydrogen-bond acceptors (Lipinski definition) is 3. The zero-order valence-corrected chi connectivity index (χ0v) is 11.3. The van der Waals surface area contributed by atoms with Crippen LogP contribution in [0.2, 0.25) is 0 Å². The Morgan fingerprint density at radius 1 is 1.17 bits per heavy atom. The van der Waals surface area contributed by atoms with Crippen LogP contribution in [0.4, 0.5) is 0 Å². The fourth-order valence-corrected chi connectivity index (χ4v) is 3.33. The molecule has 2 rings (SSSR count). The van der Waals surface area contributed by atoms with E-state index in [1.165, 1.54) is 0 Å². The minimum Gasteiger partial charge on any atom is -0.497 e.